The number of carboxylic acids is 1. The third-order valence-electron chi connectivity index (χ3n) is 2.34. The van der Waals surface area contributed by atoms with Crippen molar-refractivity contribution >= 4 is 21.9 Å². The molecule has 1 aromatic carbocycles. The van der Waals surface area contributed by atoms with Gasteiger partial charge < -0.3 is 14.6 Å². The zero-order valence-electron chi connectivity index (χ0n) is 9.28. The normalized spacial score (nSPS) is 12.0. The molecular weight excluding hydrogens is 276 g/mol. The Bertz CT molecular complexity index is 403. The molecule has 0 aliphatic carbocycles. The number of benzene rings is 1. The van der Waals surface area contributed by atoms with Crippen molar-refractivity contribution in [2.45, 2.75) is 12.8 Å². The summed E-state index contributed by atoms with van der Waals surface area (Å²) >= 11 is 3.31. The number of aliphatic carboxylic acids is 1. The molecule has 1 unspecified atom stereocenters. The summed E-state index contributed by atoms with van der Waals surface area (Å²) < 4.78 is 11.0. The lowest BCUT2D eigenvalue weighted by molar-refractivity contribution is -0.138. The number of halogens is 1. The highest BCUT2D eigenvalue weighted by atomic mass is 79.9. The van der Waals surface area contributed by atoms with Crippen LogP contribution in [0.1, 0.15) is 18.4 Å². The van der Waals surface area contributed by atoms with E-state index in [1.165, 1.54) is 7.11 Å². The first kappa shape index (κ1) is 12.8. The summed E-state index contributed by atoms with van der Waals surface area (Å²) in [7, 11) is 3.04. The summed E-state index contributed by atoms with van der Waals surface area (Å²) in [6.45, 7) is 1.61. The second-order valence-corrected chi connectivity index (χ2v) is 4.14. The molecule has 0 aliphatic heterocycles. The van der Waals surface area contributed by atoms with E-state index in [2.05, 4.69) is 15.9 Å². The second-order valence-electron chi connectivity index (χ2n) is 3.29. The minimum atomic E-state index is -0.893. The minimum Gasteiger partial charge on any atom is -0.496 e. The van der Waals surface area contributed by atoms with Crippen molar-refractivity contribution in [1.29, 1.82) is 0 Å². The highest BCUT2D eigenvalue weighted by Crippen LogP contribution is 2.36. The summed E-state index contributed by atoms with van der Waals surface area (Å²) in [6.07, 6.45) is 0. The predicted octanol–water partition coefficient (Wildman–Crippen LogP) is 2.65. The van der Waals surface area contributed by atoms with Gasteiger partial charge in [-0.15, -0.1) is 0 Å². The molecule has 0 spiro atoms. The summed E-state index contributed by atoms with van der Waals surface area (Å²) in [5.74, 6) is -0.402. The van der Waals surface area contributed by atoms with Gasteiger partial charge in [-0.3, -0.25) is 4.79 Å². The van der Waals surface area contributed by atoms with Gasteiger partial charge in [0.05, 0.1) is 24.6 Å². The first-order chi connectivity index (χ1) is 7.51. The average Bonchev–Trinajstić information content (AvgIpc) is 2.27. The fourth-order valence-electron chi connectivity index (χ4n) is 1.35. The average molecular weight is 289 g/mol. The Morgan fingerprint density at radius 2 is 1.88 bits per heavy atom. The van der Waals surface area contributed by atoms with Gasteiger partial charge in [0.1, 0.15) is 11.5 Å². The summed E-state index contributed by atoms with van der Waals surface area (Å²) in [5.41, 5.74) is 0.614. The molecule has 0 heterocycles. The number of hydrogen-bond acceptors (Lipinski definition) is 3. The molecule has 0 amide bonds. The SMILES string of the molecule is COc1cc(OC)c(C(C)C(=O)O)cc1Br. The Balaban J connectivity index is 3.28. The lowest BCUT2D eigenvalue weighted by Gasteiger charge is -2.14. The van der Waals surface area contributed by atoms with Crippen LogP contribution >= 0.6 is 15.9 Å². The first-order valence-electron chi connectivity index (χ1n) is 4.65. The smallest absolute Gasteiger partial charge is 0.310 e. The van der Waals surface area contributed by atoms with E-state index < -0.39 is 11.9 Å². The van der Waals surface area contributed by atoms with Crippen LogP contribution in [0.25, 0.3) is 0 Å². The molecule has 0 bridgehead atoms. The van der Waals surface area contributed by atoms with Gasteiger partial charge in [-0.1, -0.05) is 0 Å². The van der Waals surface area contributed by atoms with E-state index in [9.17, 15) is 4.79 Å². The zero-order chi connectivity index (χ0) is 12.3. The Hall–Kier alpha value is -1.23. The number of carbonyl (C=O) groups is 1. The molecule has 4 nitrogen and oxygen atoms in total. The largest absolute Gasteiger partial charge is 0.496 e. The lowest BCUT2D eigenvalue weighted by atomic mass is 10.0. The Morgan fingerprint density at radius 3 is 2.31 bits per heavy atom. The van der Waals surface area contributed by atoms with Crippen LogP contribution < -0.4 is 9.47 Å². The van der Waals surface area contributed by atoms with Crippen LogP contribution in [-0.2, 0) is 4.79 Å². The van der Waals surface area contributed by atoms with Crippen molar-refractivity contribution in [3.8, 4) is 11.5 Å². The lowest BCUT2D eigenvalue weighted by Crippen LogP contribution is -2.09. The molecular formula is C11H13BrO4. The van der Waals surface area contributed by atoms with Crippen molar-refractivity contribution in [2.75, 3.05) is 14.2 Å². The van der Waals surface area contributed by atoms with E-state index in [0.29, 0.717) is 21.5 Å². The van der Waals surface area contributed by atoms with E-state index in [1.54, 1.807) is 26.2 Å². The molecule has 0 fully saturated rings. The maximum Gasteiger partial charge on any atom is 0.310 e. The molecule has 16 heavy (non-hydrogen) atoms. The van der Waals surface area contributed by atoms with Crippen LogP contribution in [-0.4, -0.2) is 25.3 Å². The highest BCUT2D eigenvalue weighted by molar-refractivity contribution is 9.10. The quantitative estimate of drug-likeness (QED) is 0.925. The maximum absolute atomic E-state index is 10.9. The summed E-state index contributed by atoms with van der Waals surface area (Å²) in [4.78, 5) is 10.9. The number of hydrogen-bond donors (Lipinski definition) is 1. The van der Waals surface area contributed by atoms with Crippen LogP contribution in [0, 0.1) is 0 Å². The monoisotopic (exact) mass is 288 g/mol. The van der Waals surface area contributed by atoms with Crippen LogP contribution in [0.4, 0.5) is 0 Å². The Morgan fingerprint density at radius 1 is 1.31 bits per heavy atom. The van der Waals surface area contributed by atoms with Gasteiger partial charge in [0.2, 0.25) is 0 Å². The third kappa shape index (κ3) is 2.47. The molecule has 0 radical (unpaired) electrons. The summed E-state index contributed by atoms with van der Waals surface area (Å²) in [5, 5.41) is 8.97. The van der Waals surface area contributed by atoms with E-state index in [-0.39, 0.29) is 0 Å². The van der Waals surface area contributed by atoms with E-state index in [1.807, 2.05) is 0 Å². The molecule has 1 rings (SSSR count). The number of ether oxygens (including phenoxy) is 2. The Labute approximate surface area is 102 Å². The van der Waals surface area contributed by atoms with Crippen molar-refractivity contribution < 1.29 is 19.4 Å². The molecule has 1 aromatic rings. The fraction of sp³-hybridized carbons (Fsp3) is 0.364. The van der Waals surface area contributed by atoms with Crippen LogP contribution in [0.3, 0.4) is 0 Å². The van der Waals surface area contributed by atoms with Crippen LogP contribution in [0.5, 0.6) is 11.5 Å². The molecule has 0 saturated heterocycles. The van der Waals surface area contributed by atoms with Crippen molar-refractivity contribution in [3.05, 3.63) is 22.2 Å². The highest BCUT2D eigenvalue weighted by Gasteiger charge is 2.20. The molecule has 1 N–H and O–H groups in total. The molecule has 0 saturated carbocycles. The van der Waals surface area contributed by atoms with Crippen molar-refractivity contribution in [1.82, 2.24) is 0 Å². The standard InChI is InChI=1S/C11H13BrO4/c1-6(11(13)14)7-4-8(12)10(16-3)5-9(7)15-2/h4-6H,1-3H3,(H,13,14). The van der Waals surface area contributed by atoms with Gasteiger partial charge in [0.25, 0.3) is 0 Å². The minimum absolute atomic E-state index is 0.509. The maximum atomic E-state index is 10.9. The topological polar surface area (TPSA) is 55.8 Å². The summed E-state index contributed by atoms with van der Waals surface area (Å²) in [6, 6.07) is 3.37. The zero-order valence-corrected chi connectivity index (χ0v) is 10.9. The van der Waals surface area contributed by atoms with Crippen molar-refractivity contribution in [3.63, 3.8) is 0 Å². The van der Waals surface area contributed by atoms with Crippen molar-refractivity contribution in [2.24, 2.45) is 0 Å². The van der Waals surface area contributed by atoms with E-state index >= 15 is 0 Å². The first-order valence-corrected chi connectivity index (χ1v) is 5.44. The van der Waals surface area contributed by atoms with Crippen LogP contribution in [0.2, 0.25) is 0 Å². The molecule has 0 aromatic heterocycles. The van der Waals surface area contributed by atoms with Gasteiger partial charge in [0, 0.05) is 11.6 Å². The fourth-order valence-corrected chi connectivity index (χ4v) is 1.88. The molecule has 0 aliphatic rings. The van der Waals surface area contributed by atoms with E-state index in [0.717, 1.165) is 0 Å². The molecule has 1 atom stereocenters. The van der Waals surface area contributed by atoms with Gasteiger partial charge >= 0.3 is 5.97 Å². The van der Waals surface area contributed by atoms with Gasteiger partial charge in [-0.2, -0.15) is 0 Å². The number of methoxy groups -OCH3 is 2. The van der Waals surface area contributed by atoms with Gasteiger partial charge in [0.15, 0.2) is 0 Å². The van der Waals surface area contributed by atoms with Gasteiger partial charge in [-0.05, 0) is 28.9 Å². The third-order valence-corrected chi connectivity index (χ3v) is 2.96. The molecule has 5 heteroatoms. The molecule has 88 valence electrons. The Kier molecular flexibility index (Phi) is 4.18. The van der Waals surface area contributed by atoms with Crippen LogP contribution in [0.15, 0.2) is 16.6 Å². The number of carboxylic acid groups (broad SMARTS) is 1. The second kappa shape index (κ2) is 5.21. The number of rotatable bonds is 4. The van der Waals surface area contributed by atoms with Gasteiger partial charge in [-0.25, -0.2) is 0 Å². The predicted molar refractivity (Wildman–Crippen MR) is 63.3 cm³/mol. The van der Waals surface area contributed by atoms with E-state index in [4.69, 9.17) is 14.6 Å².